The quantitative estimate of drug-likeness (QED) is 0.910. The van der Waals surface area contributed by atoms with Gasteiger partial charge in [0.15, 0.2) is 0 Å². The molecule has 1 heterocycles. The molecule has 2 rings (SSSR count). The van der Waals surface area contributed by atoms with Crippen molar-refractivity contribution in [2.75, 3.05) is 5.32 Å². The second kappa shape index (κ2) is 5.55. The van der Waals surface area contributed by atoms with E-state index in [1.165, 1.54) is 24.3 Å². The second-order valence-corrected chi connectivity index (χ2v) is 4.67. The first kappa shape index (κ1) is 15.0. The minimum atomic E-state index is -4.53. The molecule has 0 aliphatic carbocycles. The number of nitrogens with zero attached hydrogens (tertiary/aromatic N) is 1. The molecule has 0 saturated carbocycles. The maximum atomic E-state index is 12.9. The van der Waals surface area contributed by atoms with Crippen molar-refractivity contribution >= 4 is 11.6 Å². The highest BCUT2D eigenvalue weighted by Gasteiger charge is 2.33. The van der Waals surface area contributed by atoms with Crippen molar-refractivity contribution in [3.8, 4) is 0 Å². The van der Waals surface area contributed by atoms with Crippen LogP contribution in [0.15, 0.2) is 36.4 Å². The molecular weight excluding hydrogens is 281 g/mol. The number of benzene rings is 1. The molecule has 0 saturated heterocycles. The standard InChI is InChI=1S/C15H13F3N2O/c1-9-7-10(2)19-13(8-9)14(21)20-12-6-4-3-5-11(12)15(16,17)18/h3-8H,1-2H3,(H,20,21). The fraction of sp³-hybridized carbons (Fsp3) is 0.200. The molecular formula is C15H13F3N2O. The zero-order valence-electron chi connectivity index (χ0n) is 11.5. The van der Waals surface area contributed by atoms with Gasteiger partial charge in [-0.25, -0.2) is 4.98 Å². The molecule has 0 aliphatic rings. The van der Waals surface area contributed by atoms with Gasteiger partial charge < -0.3 is 5.32 Å². The molecule has 0 fully saturated rings. The van der Waals surface area contributed by atoms with E-state index in [-0.39, 0.29) is 11.4 Å². The third kappa shape index (κ3) is 3.59. The van der Waals surface area contributed by atoms with E-state index in [2.05, 4.69) is 10.3 Å². The summed E-state index contributed by atoms with van der Waals surface area (Å²) >= 11 is 0. The van der Waals surface area contributed by atoms with E-state index in [0.29, 0.717) is 5.69 Å². The molecule has 6 heteroatoms. The third-order valence-corrected chi connectivity index (χ3v) is 2.81. The van der Waals surface area contributed by atoms with Crippen LogP contribution in [0.5, 0.6) is 0 Å². The lowest BCUT2D eigenvalue weighted by Gasteiger charge is -2.13. The van der Waals surface area contributed by atoms with Crippen molar-refractivity contribution < 1.29 is 18.0 Å². The molecule has 1 aromatic carbocycles. The number of hydrogen-bond acceptors (Lipinski definition) is 2. The summed E-state index contributed by atoms with van der Waals surface area (Å²) in [6, 6.07) is 8.14. The lowest BCUT2D eigenvalue weighted by atomic mass is 10.1. The highest BCUT2D eigenvalue weighted by atomic mass is 19.4. The number of aryl methyl sites for hydroxylation is 2. The summed E-state index contributed by atoms with van der Waals surface area (Å²) in [6.45, 7) is 3.50. The zero-order valence-corrected chi connectivity index (χ0v) is 11.5. The zero-order chi connectivity index (χ0) is 15.6. The normalized spacial score (nSPS) is 11.3. The molecule has 1 aromatic heterocycles. The van der Waals surface area contributed by atoms with Gasteiger partial charge in [-0.15, -0.1) is 0 Å². The number of aromatic nitrogens is 1. The average molecular weight is 294 g/mol. The minimum Gasteiger partial charge on any atom is -0.320 e. The molecule has 0 radical (unpaired) electrons. The second-order valence-electron chi connectivity index (χ2n) is 4.67. The monoisotopic (exact) mass is 294 g/mol. The van der Waals surface area contributed by atoms with E-state index in [1.807, 2.05) is 0 Å². The van der Waals surface area contributed by atoms with Gasteiger partial charge in [-0.1, -0.05) is 12.1 Å². The molecule has 0 aliphatic heterocycles. The Bertz CT molecular complexity index is 661. The molecule has 2 aromatic rings. The number of nitrogens with one attached hydrogen (secondary N) is 1. The van der Waals surface area contributed by atoms with E-state index < -0.39 is 17.6 Å². The van der Waals surface area contributed by atoms with Crippen LogP contribution in [0.25, 0.3) is 0 Å². The Morgan fingerprint density at radius 3 is 2.43 bits per heavy atom. The number of anilines is 1. The van der Waals surface area contributed by atoms with Crippen LogP contribution in [0, 0.1) is 13.8 Å². The number of pyridine rings is 1. The minimum absolute atomic E-state index is 0.0875. The van der Waals surface area contributed by atoms with Crippen molar-refractivity contribution in [3.63, 3.8) is 0 Å². The maximum absolute atomic E-state index is 12.9. The van der Waals surface area contributed by atoms with Gasteiger partial charge in [0.25, 0.3) is 5.91 Å². The van der Waals surface area contributed by atoms with Crippen LogP contribution in [-0.2, 0) is 6.18 Å². The summed E-state index contributed by atoms with van der Waals surface area (Å²) in [5, 5.41) is 2.27. The molecule has 1 amide bonds. The van der Waals surface area contributed by atoms with Gasteiger partial charge in [-0.2, -0.15) is 13.2 Å². The lowest BCUT2D eigenvalue weighted by molar-refractivity contribution is -0.136. The maximum Gasteiger partial charge on any atom is 0.418 e. The Balaban J connectivity index is 2.32. The van der Waals surface area contributed by atoms with Crippen LogP contribution in [0.3, 0.4) is 0 Å². The summed E-state index contributed by atoms with van der Waals surface area (Å²) in [6.07, 6.45) is -4.53. The number of hydrogen-bond donors (Lipinski definition) is 1. The SMILES string of the molecule is Cc1cc(C)nc(C(=O)Nc2ccccc2C(F)(F)F)c1. The van der Waals surface area contributed by atoms with Gasteiger partial charge in [-0.05, 0) is 43.7 Å². The van der Waals surface area contributed by atoms with Crippen LogP contribution in [0.1, 0.15) is 27.3 Å². The largest absolute Gasteiger partial charge is 0.418 e. The first-order valence-electron chi connectivity index (χ1n) is 6.20. The van der Waals surface area contributed by atoms with Gasteiger partial charge >= 0.3 is 6.18 Å². The topological polar surface area (TPSA) is 42.0 Å². The van der Waals surface area contributed by atoms with E-state index in [9.17, 15) is 18.0 Å². The summed E-state index contributed by atoms with van der Waals surface area (Å²) in [4.78, 5) is 16.1. The first-order chi connectivity index (χ1) is 9.77. The van der Waals surface area contributed by atoms with Gasteiger partial charge in [-0.3, -0.25) is 4.79 Å². The molecule has 0 atom stereocenters. The lowest BCUT2D eigenvalue weighted by Crippen LogP contribution is -2.18. The van der Waals surface area contributed by atoms with Crippen molar-refractivity contribution in [1.82, 2.24) is 4.98 Å². The first-order valence-corrected chi connectivity index (χ1v) is 6.20. The predicted octanol–water partition coefficient (Wildman–Crippen LogP) is 3.97. The van der Waals surface area contributed by atoms with Crippen molar-refractivity contribution in [2.24, 2.45) is 0 Å². The molecule has 1 N–H and O–H groups in total. The Hall–Kier alpha value is -2.37. The molecule has 3 nitrogen and oxygen atoms in total. The number of rotatable bonds is 2. The van der Waals surface area contributed by atoms with Gasteiger partial charge in [0, 0.05) is 5.69 Å². The highest BCUT2D eigenvalue weighted by Crippen LogP contribution is 2.34. The highest BCUT2D eigenvalue weighted by molar-refractivity contribution is 6.03. The molecule has 21 heavy (non-hydrogen) atoms. The van der Waals surface area contributed by atoms with Crippen molar-refractivity contribution in [1.29, 1.82) is 0 Å². The number of amides is 1. The van der Waals surface area contributed by atoms with Crippen LogP contribution in [0.4, 0.5) is 18.9 Å². The van der Waals surface area contributed by atoms with Gasteiger partial charge in [0.05, 0.1) is 11.3 Å². The number of alkyl halides is 3. The number of para-hydroxylation sites is 1. The van der Waals surface area contributed by atoms with Crippen LogP contribution in [0.2, 0.25) is 0 Å². The summed E-state index contributed by atoms with van der Waals surface area (Å²) in [5.41, 5.74) is 0.365. The van der Waals surface area contributed by atoms with E-state index >= 15 is 0 Å². The van der Waals surface area contributed by atoms with Crippen LogP contribution < -0.4 is 5.32 Å². The fourth-order valence-corrected chi connectivity index (χ4v) is 1.98. The number of carbonyl (C=O) groups excluding carboxylic acids is 1. The fourth-order valence-electron chi connectivity index (χ4n) is 1.98. The molecule has 0 unspecified atom stereocenters. The van der Waals surface area contributed by atoms with Crippen LogP contribution >= 0.6 is 0 Å². The van der Waals surface area contributed by atoms with E-state index in [0.717, 1.165) is 11.6 Å². The van der Waals surface area contributed by atoms with Gasteiger partial charge in [0.1, 0.15) is 5.69 Å². The van der Waals surface area contributed by atoms with E-state index in [1.54, 1.807) is 19.9 Å². The molecule has 110 valence electrons. The smallest absolute Gasteiger partial charge is 0.320 e. The summed E-state index contributed by atoms with van der Waals surface area (Å²) in [5.74, 6) is -0.668. The summed E-state index contributed by atoms with van der Waals surface area (Å²) < 4.78 is 38.6. The van der Waals surface area contributed by atoms with Gasteiger partial charge in [0.2, 0.25) is 0 Å². The van der Waals surface area contributed by atoms with Crippen molar-refractivity contribution in [2.45, 2.75) is 20.0 Å². The Kier molecular flexibility index (Phi) is 3.97. The number of halogens is 3. The Morgan fingerprint density at radius 1 is 1.14 bits per heavy atom. The Morgan fingerprint density at radius 2 is 1.81 bits per heavy atom. The average Bonchev–Trinajstić information content (AvgIpc) is 2.37. The van der Waals surface area contributed by atoms with Crippen molar-refractivity contribution in [3.05, 3.63) is 58.9 Å². The number of carbonyl (C=O) groups is 1. The third-order valence-electron chi connectivity index (χ3n) is 2.81. The predicted molar refractivity (Wildman–Crippen MR) is 73.1 cm³/mol. The summed E-state index contributed by atoms with van der Waals surface area (Å²) in [7, 11) is 0. The molecule has 0 spiro atoms. The van der Waals surface area contributed by atoms with E-state index in [4.69, 9.17) is 0 Å². The van der Waals surface area contributed by atoms with Crippen LogP contribution in [-0.4, -0.2) is 10.9 Å². The molecule has 0 bridgehead atoms. The Labute approximate surface area is 119 Å².